The maximum absolute atomic E-state index is 12.2. The lowest BCUT2D eigenvalue weighted by molar-refractivity contribution is -0.929. The molecular formula is C16H19F3N3OS+. The van der Waals surface area contributed by atoms with E-state index in [-0.39, 0.29) is 12.6 Å². The fourth-order valence-corrected chi connectivity index (χ4v) is 4.26. The number of nitrogens with one attached hydrogen (secondary N) is 2. The molecule has 1 saturated heterocycles. The molecule has 1 aromatic heterocycles. The summed E-state index contributed by atoms with van der Waals surface area (Å²) < 4.78 is 37.8. The van der Waals surface area contributed by atoms with Crippen molar-refractivity contribution < 1.29 is 22.9 Å². The number of rotatable bonds is 4. The van der Waals surface area contributed by atoms with Crippen molar-refractivity contribution in [2.75, 3.05) is 19.6 Å². The summed E-state index contributed by atoms with van der Waals surface area (Å²) >= 11 is 1.61. The highest BCUT2D eigenvalue weighted by atomic mass is 32.1. The van der Waals surface area contributed by atoms with E-state index in [1.165, 1.54) is 0 Å². The first-order valence-corrected chi connectivity index (χ1v) is 8.77. The molecule has 24 heavy (non-hydrogen) atoms. The number of amides is 1. The molecule has 1 fully saturated rings. The van der Waals surface area contributed by atoms with Crippen LogP contribution in [-0.4, -0.2) is 36.7 Å². The zero-order valence-corrected chi connectivity index (χ0v) is 13.8. The van der Waals surface area contributed by atoms with E-state index in [1.807, 2.05) is 29.6 Å². The van der Waals surface area contributed by atoms with E-state index in [0.717, 1.165) is 45.9 Å². The number of aromatic nitrogens is 1. The quantitative estimate of drug-likeness (QED) is 0.879. The van der Waals surface area contributed by atoms with Gasteiger partial charge in [-0.1, -0.05) is 12.1 Å². The number of alkyl halides is 3. The van der Waals surface area contributed by atoms with Gasteiger partial charge in [0, 0.05) is 6.42 Å². The van der Waals surface area contributed by atoms with Gasteiger partial charge in [-0.05, 0) is 25.0 Å². The lowest BCUT2D eigenvalue weighted by Crippen LogP contribution is -3.14. The molecule has 130 valence electrons. The topological polar surface area (TPSA) is 46.4 Å². The second-order valence-corrected chi connectivity index (χ2v) is 7.11. The molecule has 2 N–H and O–H groups in total. The van der Waals surface area contributed by atoms with Gasteiger partial charge < -0.3 is 10.2 Å². The Kier molecular flexibility index (Phi) is 5.05. The van der Waals surface area contributed by atoms with Crippen molar-refractivity contribution in [3.8, 4) is 0 Å². The van der Waals surface area contributed by atoms with Crippen LogP contribution in [0.1, 0.15) is 30.3 Å². The molecule has 2 heterocycles. The second-order valence-electron chi connectivity index (χ2n) is 6.05. The summed E-state index contributed by atoms with van der Waals surface area (Å²) in [6, 6.07) is 7.93. The first-order chi connectivity index (χ1) is 11.4. The molecule has 0 radical (unpaired) electrons. The fourth-order valence-electron chi connectivity index (χ4n) is 3.10. The summed E-state index contributed by atoms with van der Waals surface area (Å²) in [7, 11) is 0. The maximum Gasteiger partial charge on any atom is 0.405 e. The van der Waals surface area contributed by atoms with Crippen LogP contribution < -0.4 is 10.2 Å². The Labute approximate surface area is 141 Å². The number of likely N-dealkylation sites (tertiary alicyclic amines) is 1. The predicted molar refractivity (Wildman–Crippen MR) is 86.0 cm³/mol. The van der Waals surface area contributed by atoms with E-state index in [1.54, 1.807) is 11.3 Å². The van der Waals surface area contributed by atoms with Crippen LogP contribution in [0.3, 0.4) is 0 Å². The maximum atomic E-state index is 12.2. The number of halogens is 3. The Hall–Kier alpha value is -1.67. The molecule has 3 rings (SSSR count). The van der Waals surface area contributed by atoms with E-state index >= 15 is 0 Å². The minimum absolute atomic E-state index is 0.0523. The molecule has 1 unspecified atom stereocenters. The van der Waals surface area contributed by atoms with E-state index in [4.69, 9.17) is 0 Å². The molecule has 0 aliphatic carbocycles. The number of carbonyl (C=O) groups is 1. The molecular weight excluding hydrogens is 339 g/mol. The number of benzene rings is 1. The van der Waals surface area contributed by atoms with Crippen molar-refractivity contribution in [1.29, 1.82) is 0 Å². The number of carbonyl (C=O) groups excluding carboxylic acids is 1. The Balaban J connectivity index is 1.70. The van der Waals surface area contributed by atoms with Crippen LogP contribution in [0, 0.1) is 0 Å². The van der Waals surface area contributed by atoms with Gasteiger partial charge in [-0.15, -0.1) is 11.3 Å². The van der Waals surface area contributed by atoms with Gasteiger partial charge in [0.05, 0.1) is 16.8 Å². The summed E-state index contributed by atoms with van der Waals surface area (Å²) in [4.78, 5) is 17.5. The zero-order valence-electron chi connectivity index (χ0n) is 13.0. The number of thiazole rings is 1. The largest absolute Gasteiger partial charge is 0.405 e. The molecule has 0 bridgehead atoms. The van der Waals surface area contributed by atoms with E-state index < -0.39 is 18.6 Å². The first-order valence-electron chi connectivity index (χ1n) is 7.96. The lowest BCUT2D eigenvalue weighted by Gasteiger charge is -2.30. The molecule has 1 aromatic carbocycles. The molecule has 1 aliphatic heterocycles. The second kappa shape index (κ2) is 7.06. The van der Waals surface area contributed by atoms with Gasteiger partial charge in [0.25, 0.3) is 5.91 Å². The number of hydrogen-bond donors (Lipinski definition) is 2. The van der Waals surface area contributed by atoms with Gasteiger partial charge in [0.1, 0.15) is 12.6 Å². The Morgan fingerprint density at radius 1 is 1.33 bits per heavy atom. The number of nitrogens with zero attached hydrogens (tertiary/aromatic N) is 1. The normalized spacial score (nSPS) is 21.8. The third-order valence-corrected chi connectivity index (χ3v) is 5.37. The van der Waals surface area contributed by atoms with Gasteiger partial charge in [-0.25, -0.2) is 4.98 Å². The third kappa shape index (κ3) is 4.24. The van der Waals surface area contributed by atoms with Gasteiger partial charge in [0.15, 0.2) is 11.6 Å². The summed E-state index contributed by atoms with van der Waals surface area (Å²) in [6.45, 7) is -0.443. The predicted octanol–water partition coefficient (Wildman–Crippen LogP) is 2.08. The average Bonchev–Trinajstić information content (AvgIpc) is 2.96. The number of quaternary nitrogens is 1. The number of para-hydroxylation sites is 1. The Bertz CT molecular complexity index is 683. The van der Waals surface area contributed by atoms with Gasteiger partial charge in [-0.2, -0.15) is 13.2 Å². The summed E-state index contributed by atoms with van der Waals surface area (Å²) in [5.41, 5.74) is 0.934. The molecule has 2 atom stereocenters. The molecule has 2 aromatic rings. The first kappa shape index (κ1) is 17.2. The lowest BCUT2D eigenvalue weighted by atomic mass is 10.0. The molecule has 0 spiro atoms. The zero-order chi connectivity index (χ0) is 17.2. The third-order valence-electron chi connectivity index (χ3n) is 4.22. The van der Waals surface area contributed by atoms with Gasteiger partial charge >= 0.3 is 6.18 Å². The van der Waals surface area contributed by atoms with Crippen molar-refractivity contribution in [1.82, 2.24) is 10.3 Å². The Morgan fingerprint density at radius 2 is 2.12 bits per heavy atom. The monoisotopic (exact) mass is 358 g/mol. The summed E-state index contributed by atoms with van der Waals surface area (Å²) in [5, 5.41) is 2.93. The number of fused-ring (bicyclic) bond motifs is 1. The highest BCUT2D eigenvalue weighted by Gasteiger charge is 2.33. The van der Waals surface area contributed by atoms with Crippen molar-refractivity contribution >= 4 is 27.5 Å². The van der Waals surface area contributed by atoms with E-state index in [9.17, 15) is 18.0 Å². The molecule has 1 aliphatic rings. The summed E-state index contributed by atoms with van der Waals surface area (Å²) in [6.07, 6.45) is -1.45. The average molecular weight is 358 g/mol. The van der Waals surface area contributed by atoms with Crippen LogP contribution in [0.15, 0.2) is 24.3 Å². The van der Waals surface area contributed by atoms with Crippen LogP contribution in [0.4, 0.5) is 13.2 Å². The van der Waals surface area contributed by atoms with Crippen LogP contribution in [-0.2, 0) is 4.79 Å². The van der Waals surface area contributed by atoms with E-state index in [0.29, 0.717) is 0 Å². The Morgan fingerprint density at radius 3 is 2.88 bits per heavy atom. The van der Waals surface area contributed by atoms with Crippen LogP contribution in [0.25, 0.3) is 10.2 Å². The minimum Gasteiger partial charge on any atom is -0.342 e. The van der Waals surface area contributed by atoms with Gasteiger partial charge in [0.2, 0.25) is 0 Å². The van der Waals surface area contributed by atoms with Crippen molar-refractivity contribution in [3.63, 3.8) is 0 Å². The molecule has 1 amide bonds. The van der Waals surface area contributed by atoms with E-state index in [2.05, 4.69) is 4.98 Å². The highest BCUT2D eigenvalue weighted by Crippen LogP contribution is 2.28. The van der Waals surface area contributed by atoms with Crippen molar-refractivity contribution in [2.45, 2.75) is 31.5 Å². The van der Waals surface area contributed by atoms with Gasteiger partial charge in [-0.3, -0.25) is 4.79 Å². The number of piperidine rings is 1. The molecule has 8 heteroatoms. The molecule has 4 nitrogen and oxygen atoms in total. The fraction of sp³-hybridized carbons (Fsp3) is 0.500. The highest BCUT2D eigenvalue weighted by molar-refractivity contribution is 7.18. The van der Waals surface area contributed by atoms with Crippen LogP contribution in [0.5, 0.6) is 0 Å². The van der Waals surface area contributed by atoms with Crippen molar-refractivity contribution in [3.05, 3.63) is 29.3 Å². The SMILES string of the molecule is O=C(C[NH+]1CCCC[C@H]1c1nc2ccccc2s1)NCC(F)(F)F. The van der Waals surface area contributed by atoms with Crippen LogP contribution >= 0.6 is 11.3 Å². The minimum atomic E-state index is -4.38. The standard InChI is InChI=1S/C16H18F3N3OS/c17-16(18,19)10-20-14(23)9-22-8-4-3-6-12(22)15-21-11-5-1-2-7-13(11)24-15/h1-2,5,7,12H,3-4,6,8-10H2,(H,20,23)/p+1/t12-/m0/s1. The van der Waals surface area contributed by atoms with Crippen molar-refractivity contribution in [2.24, 2.45) is 0 Å². The molecule has 0 saturated carbocycles. The van der Waals surface area contributed by atoms with Crippen LogP contribution in [0.2, 0.25) is 0 Å². The smallest absolute Gasteiger partial charge is 0.342 e. The summed E-state index contributed by atoms with van der Waals surface area (Å²) in [5.74, 6) is -0.560. The number of hydrogen-bond acceptors (Lipinski definition) is 3.